The summed E-state index contributed by atoms with van der Waals surface area (Å²) in [7, 11) is 0. The Hall–Kier alpha value is 0.420. The summed E-state index contributed by atoms with van der Waals surface area (Å²) in [6.07, 6.45) is 9.77. The van der Waals surface area contributed by atoms with Crippen LogP contribution in [0.2, 0.25) is 0 Å². The van der Waals surface area contributed by atoms with Crippen molar-refractivity contribution in [3.63, 3.8) is 0 Å². The molecule has 0 aromatic heterocycles. The minimum absolute atomic E-state index is 0. The van der Waals surface area contributed by atoms with Gasteiger partial charge in [-0.1, -0.05) is 0 Å². The van der Waals surface area contributed by atoms with Gasteiger partial charge < -0.3 is 14.6 Å². The molecule has 1 saturated heterocycles. The van der Waals surface area contributed by atoms with Crippen LogP contribution in [-0.2, 0) is 9.47 Å². The lowest BCUT2D eigenvalue weighted by molar-refractivity contribution is -0.0751. The molecule has 5 aliphatic rings. The number of morpholine rings is 1. The molecule has 0 amide bonds. The van der Waals surface area contributed by atoms with Crippen LogP contribution in [0.1, 0.15) is 44.9 Å². The summed E-state index contributed by atoms with van der Waals surface area (Å²) < 4.78 is 11.2. The normalized spacial score (nSPS) is 38.0. The van der Waals surface area contributed by atoms with Gasteiger partial charge in [-0.3, -0.25) is 4.90 Å². The zero-order chi connectivity index (χ0) is 15.7. The van der Waals surface area contributed by atoms with Crippen LogP contribution in [0.4, 0.5) is 0 Å². The summed E-state index contributed by atoms with van der Waals surface area (Å²) in [6, 6.07) is 0. The summed E-state index contributed by atoms with van der Waals surface area (Å²) in [6.45, 7) is 5.50. The van der Waals surface area contributed by atoms with E-state index in [2.05, 4.69) is 4.90 Å². The fourth-order valence-corrected chi connectivity index (χ4v) is 6.24. The molecule has 5 rings (SSSR count). The smallest absolute Gasteiger partial charge is 0.0900 e. The zero-order valence-corrected chi connectivity index (χ0v) is 16.9. The van der Waals surface area contributed by atoms with Gasteiger partial charge in [0, 0.05) is 26.2 Å². The van der Waals surface area contributed by atoms with Crippen LogP contribution < -0.4 is 0 Å². The van der Waals surface area contributed by atoms with Crippen LogP contribution in [0.5, 0.6) is 0 Å². The van der Waals surface area contributed by atoms with E-state index in [0.29, 0.717) is 12.0 Å². The van der Waals surface area contributed by atoms with Crippen molar-refractivity contribution in [2.24, 2.45) is 23.2 Å². The first-order valence-corrected chi connectivity index (χ1v) is 9.77. The third kappa shape index (κ3) is 5.46. The topological polar surface area (TPSA) is 41.9 Å². The Labute approximate surface area is 164 Å². The highest BCUT2D eigenvalue weighted by atomic mass is 35.5. The number of ether oxygens (including phenoxy) is 2. The van der Waals surface area contributed by atoms with E-state index in [-0.39, 0.29) is 30.9 Å². The third-order valence-electron chi connectivity index (χ3n) is 6.82. The molecule has 1 N–H and O–H groups in total. The number of halogens is 2. The van der Waals surface area contributed by atoms with Crippen molar-refractivity contribution < 1.29 is 14.6 Å². The van der Waals surface area contributed by atoms with Gasteiger partial charge in [-0.2, -0.15) is 0 Å². The largest absolute Gasteiger partial charge is 0.389 e. The zero-order valence-electron chi connectivity index (χ0n) is 15.2. The Kier molecular flexibility index (Phi) is 8.31. The lowest BCUT2D eigenvalue weighted by atomic mass is 9.49. The molecule has 6 heteroatoms. The SMILES string of the molecule is Cl.Cl.OC(COCCC12CC3CC(CC(C3)C1)C2)CN1CCOCC1. The highest BCUT2D eigenvalue weighted by Crippen LogP contribution is 2.61. The van der Waals surface area contributed by atoms with E-state index in [4.69, 9.17) is 9.47 Å². The molecule has 0 aromatic rings. The number of aliphatic hydroxyl groups is 1. The lowest BCUT2D eigenvalue weighted by Crippen LogP contribution is -2.46. The molecule has 5 fully saturated rings. The van der Waals surface area contributed by atoms with E-state index >= 15 is 0 Å². The van der Waals surface area contributed by atoms with Crippen molar-refractivity contribution in [2.45, 2.75) is 51.0 Å². The number of β-amino-alcohol motifs (C(OH)–C–C–N with tert-alkyl or cyclic N) is 1. The summed E-state index contributed by atoms with van der Waals surface area (Å²) in [4.78, 5) is 2.27. The Morgan fingerprint density at radius 3 is 2.12 bits per heavy atom. The van der Waals surface area contributed by atoms with E-state index in [1.54, 1.807) is 0 Å². The predicted octanol–water partition coefficient (Wildman–Crippen LogP) is 3.15. The molecule has 4 nitrogen and oxygen atoms in total. The van der Waals surface area contributed by atoms with E-state index in [9.17, 15) is 5.11 Å². The molecule has 1 unspecified atom stereocenters. The number of hydrogen-bond donors (Lipinski definition) is 1. The van der Waals surface area contributed by atoms with Crippen LogP contribution in [0.3, 0.4) is 0 Å². The van der Waals surface area contributed by atoms with Crippen molar-refractivity contribution in [2.75, 3.05) is 46.1 Å². The molecule has 0 spiro atoms. The molecule has 0 radical (unpaired) electrons. The van der Waals surface area contributed by atoms with Crippen LogP contribution in [0, 0.1) is 23.2 Å². The third-order valence-corrected chi connectivity index (χ3v) is 6.82. The highest BCUT2D eigenvalue weighted by Gasteiger charge is 2.50. The highest BCUT2D eigenvalue weighted by molar-refractivity contribution is 5.85. The second-order valence-electron chi connectivity index (χ2n) is 8.81. The molecular formula is C19H35Cl2NO3. The van der Waals surface area contributed by atoms with Gasteiger partial charge in [0.25, 0.3) is 0 Å². The minimum Gasteiger partial charge on any atom is -0.389 e. The fraction of sp³-hybridized carbons (Fsp3) is 1.00. The second-order valence-corrected chi connectivity index (χ2v) is 8.81. The number of hydrogen-bond acceptors (Lipinski definition) is 4. The minimum atomic E-state index is -0.357. The molecule has 4 saturated carbocycles. The number of aliphatic hydroxyl groups excluding tert-OH is 1. The maximum Gasteiger partial charge on any atom is 0.0900 e. The number of nitrogens with zero attached hydrogens (tertiary/aromatic N) is 1. The Morgan fingerprint density at radius 2 is 1.56 bits per heavy atom. The monoisotopic (exact) mass is 395 g/mol. The van der Waals surface area contributed by atoms with Gasteiger partial charge in [-0.25, -0.2) is 0 Å². The van der Waals surface area contributed by atoms with Gasteiger partial charge in [0.2, 0.25) is 0 Å². The van der Waals surface area contributed by atoms with Gasteiger partial charge in [0.05, 0.1) is 25.9 Å². The van der Waals surface area contributed by atoms with E-state index < -0.39 is 0 Å². The molecule has 0 aromatic carbocycles. The van der Waals surface area contributed by atoms with Crippen molar-refractivity contribution in [3.8, 4) is 0 Å². The lowest BCUT2D eigenvalue weighted by Gasteiger charge is -2.57. The average Bonchev–Trinajstić information content (AvgIpc) is 2.51. The molecule has 4 bridgehead atoms. The van der Waals surface area contributed by atoms with Crippen LogP contribution in [0.15, 0.2) is 0 Å². The Balaban J connectivity index is 0.00000113. The first kappa shape index (κ1) is 21.7. The maximum atomic E-state index is 10.2. The van der Waals surface area contributed by atoms with Crippen molar-refractivity contribution in [1.82, 2.24) is 4.90 Å². The van der Waals surface area contributed by atoms with E-state index in [0.717, 1.165) is 57.2 Å². The summed E-state index contributed by atoms with van der Waals surface area (Å²) in [5.74, 6) is 3.06. The molecule has 1 aliphatic heterocycles. The summed E-state index contributed by atoms with van der Waals surface area (Å²) in [5.41, 5.74) is 0.601. The van der Waals surface area contributed by atoms with Gasteiger partial charge in [-0.15, -0.1) is 24.8 Å². The first-order valence-electron chi connectivity index (χ1n) is 9.77. The van der Waals surface area contributed by atoms with Gasteiger partial charge in [0.1, 0.15) is 0 Å². The van der Waals surface area contributed by atoms with Crippen molar-refractivity contribution in [3.05, 3.63) is 0 Å². The second kappa shape index (κ2) is 9.57. The van der Waals surface area contributed by atoms with Gasteiger partial charge in [0.15, 0.2) is 0 Å². The molecule has 148 valence electrons. The van der Waals surface area contributed by atoms with Crippen molar-refractivity contribution >= 4 is 24.8 Å². The van der Waals surface area contributed by atoms with Crippen molar-refractivity contribution in [1.29, 1.82) is 0 Å². The summed E-state index contributed by atoms with van der Waals surface area (Å²) >= 11 is 0. The Bertz CT molecular complexity index is 369. The van der Waals surface area contributed by atoms with Crippen LogP contribution in [-0.4, -0.2) is 62.2 Å². The van der Waals surface area contributed by atoms with E-state index in [1.807, 2.05) is 0 Å². The molecule has 1 atom stereocenters. The molecule has 1 heterocycles. The van der Waals surface area contributed by atoms with Crippen LogP contribution >= 0.6 is 24.8 Å². The van der Waals surface area contributed by atoms with E-state index in [1.165, 1.54) is 44.9 Å². The molecular weight excluding hydrogens is 361 g/mol. The first-order chi connectivity index (χ1) is 11.2. The fourth-order valence-electron chi connectivity index (χ4n) is 6.24. The Morgan fingerprint density at radius 1 is 1.00 bits per heavy atom. The predicted molar refractivity (Wildman–Crippen MR) is 104 cm³/mol. The quantitative estimate of drug-likeness (QED) is 0.672. The average molecular weight is 396 g/mol. The molecule has 25 heavy (non-hydrogen) atoms. The standard InChI is InChI=1S/C19H33NO3.2ClH/c21-18(13-20-2-5-22-6-3-20)14-23-4-1-19-10-15-7-16(11-19)9-17(8-15)12-19;;/h15-18,21H,1-14H2;2*1H. The number of rotatable bonds is 7. The molecule has 4 aliphatic carbocycles. The maximum absolute atomic E-state index is 10.2. The van der Waals surface area contributed by atoms with Crippen LogP contribution in [0.25, 0.3) is 0 Å². The summed E-state index contributed by atoms with van der Waals surface area (Å²) in [5, 5.41) is 10.2. The van der Waals surface area contributed by atoms with Gasteiger partial charge in [-0.05, 0) is 68.1 Å². The van der Waals surface area contributed by atoms with Gasteiger partial charge >= 0.3 is 0 Å².